The molecule has 5 aromatic rings. The van der Waals surface area contributed by atoms with Crippen LogP contribution in [-0.4, -0.2) is 35.7 Å². The third kappa shape index (κ3) is 2.78. The summed E-state index contributed by atoms with van der Waals surface area (Å²) in [6.45, 7) is 6.93. The highest BCUT2D eigenvalue weighted by Crippen LogP contribution is 2.45. The van der Waals surface area contributed by atoms with E-state index < -0.39 is 5.54 Å². The first-order valence-corrected chi connectivity index (χ1v) is 11.6. The number of aromatic amines is 1. The van der Waals surface area contributed by atoms with Gasteiger partial charge in [-0.05, 0) is 43.5 Å². The van der Waals surface area contributed by atoms with Crippen LogP contribution in [0.25, 0.3) is 28.3 Å². The van der Waals surface area contributed by atoms with E-state index in [0.717, 1.165) is 59.7 Å². The second kappa shape index (κ2) is 7.69. The molecule has 1 aliphatic rings. The summed E-state index contributed by atoms with van der Waals surface area (Å²) in [6, 6.07) is 13.4. The minimum atomic E-state index is -0.523. The zero-order valence-corrected chi connectivity index (χ0v) is 19.0. The van der Waals surface area contributed by atoms with Crippen molar-refractivity contribution in [3.05, 3.63) is 89.5 Å². The van der Waals surface area contributed by atoms with E-state index in [1.807, 2.05) is 60.9 Å². The summed E-state index contributed by atoms with van der Waals surface area (Å²) in [5.74, 6) is 1.55. The van der Waals surface area contributed by atoms with E-state index in [4.69, 9.17) is 10.1 Å². The number of fused-ring (bicyclic) bond motifs is 2. The fourth-order valence-corrected chi connectivity index (χ4v) is 5.39. The van der Waals surface area contributed by atoms with E-state index >= 15 is 0 Å². The zero-order chi connectivity index (χ0) is 23.3. The average Bonchev–Trinajstić information content (AvgIpc) is 3.62. The molecule has 0 radical (unpaired) electrons. The van der Waals surface area contributed by atoms with E-state index in [0.29, 0.717) is 5.52 Å². The van der Waals surface area contributed by atoms with Gasteiger partial charge in [-0.1, -0.05) is 37.8 Å². The molecule has 1 fully saturated rings. The zero-order valence-electron chi connectivity index (χ0n) is 19.0. The number of nitrogens with one attached hydrogen (secondary N) is 1. The van der Waals surface area contributed by atoms with Crippen molar-refractivity contribution >= 4 is 28.4 Å². The maximum Gasteiger partial charge on any atom is 0.282 e. The van der Waals surface area contributed by atoms with Crippen molar-refractivity contribution in [2.24, 2.45) is 0 Å². The van der Waals surface area contributed by atoms with Crippen LogP contribution < -0.4 is 10.5 Å². The summed E-state index contributed by atoms with van der Waals surface area (Å²) >= 11 is 0. The van der Waals surface area contributed by atoms with Crippen LogP contribution in [0.4, 0.5) is 5.82 Å². The molecule has 0 aliphatic carbocycles. The van der Waals surface area contributed by atoms with Crippen molar-refractivity contribution in [1.82, 2.24) is 29.1 Å². The lowest BCUT2D eigenvalue weighted by atomic mass is 9.90. The molecule has 4 aromatic heterocycles. The Kier molecular flexibility index (Phi) is 4.62. The molecule has 5 heterocycles. The highest BCUT2D eigenvalue weighted by molar-refractivity contribution is 5.95. The van der Waals surface area contributed by atoms with Crippen LogP contribution in [0.15, 0.2) is 72.6 Å². The number of anilines is 1. The molecule has 0 amide bonds. The van der Waals surface area contributed by atoms with Gasteiger partial charge in [-0.15, -0.1) is 0 Å². The molecular formula is C26H25N7O. The summed E-state index contributed by atoms with van der Waals surface area (Å²) < 4.78 is 3.48. The van der Waals surface area contributed by atoms with Crippen molar-refractivity contribution in [3.8, 4) is 5.69 Å². The Labute approximate surface area is 196 Å². The minimum absolute atomic E-state index is 0.0814. The summed E-state index contributed by atoms with van der Waals surface area (Å²) in [5.41, 5.74) is 2.47. The Bertz CT molecular complexity index is 1580. The van der Waals surface area contributed by atoms with Gasteiger partial charge in [0.2, 0.25) is 0 Å². The number of nitrogens with zero attached hydrogens (tertiary/aromatic N) is 6. The number of para-hydroxylation sites is 1. The Hall–Kier alpha value is -4.20. The molecule has 34 heavy (non-hydrogen) atoms. The van der Waals surface area contributed by atoms with E-state index in [1.165, 1.54) is 0 Å². The molecule has 1 saturated heterocycles. The molecule has 170 valence electrons. The molecule has 6 rings (SSSR count). The third-order valence-corrected chi connectivity index (χ3v) is 7.02. The summed E-state index contributed by atoms with van der Waals surface area (Å²) in [6.07, 6.45) is 9.73. The van der Waals surface area contributed by atoms with Crippen molar-refractivity contribution in [2.45, 2.75) is 31.7 Å². The van der Waals surface area contributed by atoms with Gasteiger partial charge in [0.05, 0.1) is 11.1 Å². The molecule has 0 spiro atoms. The minimum Gasteiger partial charge on any atom is -0.345 e. The van der Waals surface area contributed by atoms with Crippen LogP contribution in [0, 0.1) is 0 Å². The predicted octanol–water partition coefficient (Wildman–Crippen LogP) is 4.31. The third-order valence-electron chi connectivity index (χ3n) is 7.02. The van der Waals surface area contributed by atoms with Crippen molar-refractivity contribution in [2.75, 3.05) is 11.4 Å². The quantitative estimate of drug-likeness (QED) is 0.431. The Morgan fingerprint density at radius 2 is 2.03 bits per heavy atom. The standard InChI is InChI=1S/C26H25N7O/c1-3-18-16-27-22-21(18)23(29-17-28-22)31-14-9-13-26(31,4-2)25-30-32-15-8-12-20(32)24(34)33(25)19-10-6-5-7-11-19/h3,5-8,10-12,15-17H,1,4,9,13-14H2,2H3,(H,27,28,29). The summed E-state index contributed by atoms with van der Waals surface area (Å²) in [5, 5.41) is 5.99. The number of hydrogen-bond donors (Lipinski definition) is 1. The van der Waals surface area contributed by atoms with Gasteiger partial charge >= 0.3 is 0 Å². The van der Waals surface area contributed by atoms with E-state index in [-0.39, 0.29) is 5.56 Å². The first-order chi connectivity index (χ1) is 16.7. The number of rotatable bonds is 5. The van der Waals surface area contributed by atoms with Gasteiger partial charge in [0, 0.05) is 24.5 Å². The number of aromatic nitrogens is 6. The summed E-state index contributed by atoms with van der Waals surface area (Å²) in [4.78, 5) is 28.5. The largest absolute Gasteiger partial charge is 0.345 e. The highest BCUT2D eigenvalue weighted by Gasteiger charge is 2.46. The van der Waals surface area contributed by atoms with Crippen LogP contribution in [0.5, 0.6) is 0 Å². The lowest BCUT2D eigenvalue weighted by Crippen LogP contribution is -2.46. The van der Waals surface area contributed by atoms with E-state index in [1.54, 1.807) is 15.4 Å². The lowest BCUT2D eigenvalue weighted by Gasteiger charge is -2.39. The Balaban J connectivity index is 1.67. The SMILES string of the molecule is C=Cc1c[nH]c2ncnc(N3CCCC3(CC)c3nn4cccc4c(=O)n3-c3ccccc3)c12. The van der Waals surface area contributed by atoms with E-state index in [9.17, 15) is 4.79 Å². The van der Waals surface area contributed by atoms with Crippen LogP contribution in [0.3, 0.4) is 0 Å². The Morgan fingerprint density at radius 1 is 1.18 bits per heavy atom. The van der Waals surface area contributed by atoms with Crippen LogP contribution in [-0.2, 0) is 5.54 Å². The molecule has 1 aromatic carbocycles. The molecule has 1 aliphatic heterocycles. The lowest BCUT2D eigenvalue weighted by molar-refractivity contribution is 0.380. The number of benzene rings is 1. The molecular weight excluding hydrogens is 426 g/mol. The first kappa shape index (κ1) is 20.4. The fourth-order valence-electron chi connectivity index (χ4n) is 5.39. The van der Waals surface area contributed by atoms with Gasteiger partial charge in [-0.3, -0.25) is 9.36 Å². The monoisotopic (exact) mass is 451 g/mol. The molecule has 8 heteroatoms. The van der Waals surface area contributed by atoms with Crippen LogP contribution >= 0.6 is 0 Å². The molecule has 8 nitrogen and oxygen atoms in total. The average molecular weight is 452 g/mol. The van der Waals surface area contributed by atoms with Crippen molar-refractivity contribution in [3.63, 3.8) is 0 Å². The number of H-pyrrole nitrogens is 1. The second-order valence-electron chi connectivity index (χ2n) is 8.65. The van der Waals surface area contributed by atoms with Crippen LogP contribution in [0.1, 0.15) is 37.6 Å². The van der Waals surface area contributed by atoms with Gasteiger partial charge < -0.3 is 9.88 Å². The van der Waals surface area contributed by atoms with Crippen molar-refractivity contribution < 1.29 is 0 Å². The smallest absolute Gasteiger partial charge is 0.282 e. The Morgan fingerprint density at radius 3 is 2.82 bits per heavy atom. The second-order valence-corrected chi connectivity index (χ2v) is 8.65. The molecule has 1 unspecified atom stereocenters. The van der Waals surface area contributed by atoms with Gasteiger partial charge in [0.25, 0.3) is 5.56 Å². The summed E-state index contributed by atoms with van der Waals surface area (Å²) in [7, 11) is 0. The van der Waals surface area contributed by atoms with Gasteiger partial charge in [-0.2, -0.15) is 5.10 Å². The van der Waals surface area contributed by atoms with Crippen LogP contribution in [0.2, 0.25) is 0 Å². The first-order valence-electron chi connectivity index (χ1n) is 11.6. The normalized spacial score (nSPS) is 18.2. The molecule has 0 saturated carbocycles. The fraction of sp³-hybridized carbons (Fsp3) is 0.231. The molecule has 1 N–H and O–H groups in total. The van der Waals surface area contributed by atoms with Gasteiger partial charge in [0.1, 0.15) is 28.8 Å². The van der Waals surface area contributed by atoms with Crippen molar-refractivity contribution in [1.29, 1.82) is 0 Å². The topological polar surface area (TPSA) is 84.1 Å². The maximum absolute atomic E-state index is 13.8. The predicted molar refractivity (Wildman–Crippen MR) is 133 cm³/mol. The highest BCUT2D eigenvalue weighted by atomic mass is 16.1. The molecule has 1 atom stereocenters. The van der Waals surface area contributed by atoms with Gasteiger partial charge in [0.15, 0.2) is 5.82 Å². The maximum atomic E-state index is 13.8. The van der Waals surface area contributed by atoms with Gasteiger partial charge in [-0.25, -0.2) is 14.5 Å². The molecule has 0 bridgehead atoms. The van der Waals surface area contributed by atoms with E-state index in [2.05, 4.69) is 28.4 Å². The number of hydrogen-bond acceptors (Lipinski definition) is 5.